The molecule has 1 unspecified atom stereocenters. The van der Waals surface area contributed by atoms with Crippen LogP contribution in [0.3, 0.4) is 0 Å². The second kappa shape index (κ2) is 7.20. The summed E-state index contributed by atoms with van der Waals surface area (Å²) < 4.78 is 4.78. The summed E-state index contributed by atoms with van der Waals surface area (Å²) in [6.45, 7) is 2.15. The van der Waals surface area contributed by atoms with Gasteiger partial charge in [0.2, 0.25) is 0 Å². The summed E-state index contributed by atoms with van der Waals surface area (Å²) in [6.07, 6.45) is 6.44. The van der Waals surface area contributed by atoms with Crippen molar-refractivity contribution in [2.24, 2.45) is 5.41 Å². The monoisotopic (exact) mass is 250 g/mol. The van der Waals surface area contributed by atoms with Crippen LogP contribution in [0.2, 0.25) is 0 Å². The lowest BCUT2D eigenvalue weighted by Gasteiger charge is -2.21. The van der Waals surface area contributed by atoms with E-state index in [0.717, 1.165) is 19.3 Å². The molecule has 3 heteroatoms. The Kier molecular flexibility index (Phi) is 5.91. The maximum Gasteiger partial charge on any atom is 0.320 e. The van der Waals surface area contributed by atoms with Gasteiger partial charge in [-0.15, -0.1) is 11.8 Å². The summed E-state index contributed by atoms with van der Waals surface area (Å²) in [6, 6.07) is 0. The van der Waals surface area contributed by atoms with Crippen molar-refractivity contribution < 1.29 is 14.3 Å². The van der Waals surface area contributed by atoms with E-state index in [4.69, 9.17) is 4.74 Å². The maximum absolute atomic E-state index is 11.9. The van der Waals surface area contributed by atoms with E-state index in [2.05, 4.69) is 18.8 Å². The van der Waals surface area contributed by atoms with Gasteiger partial charge in [0.1, 0.15) is 5.41 Å². The summed E-state index contributed by atoms with van der Waals surface area (Å²) in [5, 5.41) is 0. The van der Waals surface area contributed by atoms with E-state index in [0.29, 0.717) is 19.3 Å². The standard InChI is InChI=1S/C15H22O3/c1-3-4-5-6-7-8-11-15(14(17)18-2)12-9-10-13(15)16/h3-6,9-12H2,1-2H3. The zero-order valence-corrected chi connectivity index (χ0v) is 11.4. The molecular formula is C15H22O3. The molecule has 0 N–H and O–H groups in total. The van der Waals surface area contributed by atoms with E-state index in [1.54, 1.807) is 0 Å². The van der Waals surface area contributed by atoms with Crippen molar-refractivity contribution in [2.75, 3.05) is 7.11 Å². The number of ketones is 1. The van der Waals surface area contributed by atoms with Gasteiger partial charge in [0.25, 0.3) is 0 Å². The Balaban J connectivity index is 2.58. The third-order valence-electron chi connectivity index (χ3n) is 3.54. The minimum atomic E-state index is -0.966. The molecule has 1 aliphatic rings. The van der Waals surface area contributed by atoms with Gasteiger partial charge in [-0.2, -0.15) is 0 Å². The largest absolute Gasteiger partial charge is 0.468 e. The number of hydrogen-bond acceptors (Lipinski definition) is 3. The molecule has 0 radical (unpaired) electrons. The van der Waals surface area contributed by atoms with Gasteiger partial charge < -0.3 is 4.74 Å². The van der Waals surface area contributed by atoms with Crippen LogP contribution >= 0.6 is 0 Å². The Morgan fingerprint density at radius 1 is 1.39 bits per heavy atom. The SMILES string of the molecule is CCCCCC#CCC1(C(=O)OC)CCCC1=O. The normalized spacial score (nSPS) is 22.4. The molecule has 1 rings (SSSR count). The highest BCUT2D eigenvalue weighted by molar-refractivity contribution is 6.05. The van der Waals surface area contributed by atoms with Crippen LogP contribution < -0.4 is 0 Å². The molecular weight excluding hydrogens is 228 g/mol. The van der Waals surface area contributed by atoms with Crippen LogP contribution in [0.5, 0.6) is 0 Å². The van der Waals surface area contributed by atoms with Gasteiger partial charge in [0.05, 0.1) is 7.11 Å². The minimum Gasteiger partial charge on any atom is -0.468 e. The molecule has 0 heterocycles. The lowest BCUT2D eigenvalue weighted by Crippen LogP contribution is -2.35. The van der Waals surface area contributed by atoms with Gasteiger partial charge in [-0.1, -0.05) is 19.8 Å². The summed E-state index contributed by atoms with van der Waals surface area (Å²) in [4.78, 5) is 23.7. The van der Waals surface area contributed by atoms with Gasteiger partial charge in [-0.05, 0) is 19.3 Å². The van der Waals surface area contributed by atoms with Gasteiger partial charge in [0, 0.05) is 19.3 Å². The Labute approximate surface area is 109 Å². The van der Waals surface area contributed by atoms with Crippen LogP contribution in [0.1, 0.15) is 58.3 Å². The minimum absolute atomic E-state index is 0.00259. The number of esters is 1. The highest BCUT2D eigenvalue weighted by atomic mass is 16.5. The highest BCUT2D eigenvalue weighted by Gasteiger charge is 2.48. The van der Waals surface area contributed by atoms with Crippen LogP contribution in [0.15, 0.2) is 0 Å². The van der Waals surface area contributed by atoms with Crippen molar-refractivity contribution in [1.29, 1.82) is 0 Å². The average Bonchev–Trinajstić information content (AvgIpc) is 2.75. The molecule has 1 fully saturated rings. The van der Waals surface area contributed by atoms with Crippen LogP contribution in [0, 0.1) is 17.3 Å². The van der Waals surface area contributed by atoms with E-state index < -0.39 is 11.4 Å². The predicted octanol–water partition coefficient (Wildman–Crippen LogP) is 2.87. The molecule has 3 nitrogen and oxygen atoms in total. The van der Waals surface area contributed by atoms with Gasteiger partial charge in [-0.25, -0.2) is 0 Å². The second-order valence-corrected chi connectivity index (χ2v) is 4.84. The third-order valence-corrected chi connectivity index (χ3v) is 3.54. The van der Waals surface area contributed by atoms with E-state index in [-0.39, 0.29) is 5.78 Å². The predicted molar refractivity (Wildman–Crippen MR) is 69.8 cm³/mol. The second-order valence-electron chi connectivity index (χ2n) is 4.84. The number of Topliss-reactive ketones (excluding diaryl/α,β-unsaturated/α-hetero) is 1. The van der Waals surface area contributed by atoms with E-state index in [9.17, 15) is 9.59 Å². The topological polar surface area (TPSA) is 43.4 Å². The van der Waals surface area contributed by atoms with Crippen molar-refractivity contribution in [3.63, 3.8) is 0 Å². The molecule has 0 saturated heterocycles. The molecule has 100 valence electrons. The molecule has 0 spiro atoms. The number of ether oxygens (including phenoxy) is 1. The van der Waals surface area contributed by atoms with Gasteiger partial charge >= 0.3 is 5.97 Å². The van der Waals surface area contributed by atoms with Crippen molar-refractivity contribution in [3.8, 4) is 11.8 Å². The van der Waals surface area contributed by atoms with Crippen molar-refractivity contribution in [3.05, 3.63) is 0 Å². The Hall–Kier alpha value is -1.30. The molecule has 0 aromatic rings. The van der Waals surface area contributed by atoms with Crippen molar-refractivity contribution >= 4 is 11.8 Å². The molecule has 0 bridgehead atoms. The summed E-state index contributed by atoms with van der Waals surface area (Å²) >= 11 is 0. The molecule has 0 aliphatic heterocycles. The molecule has 18 heavy (non-hydrogen) atoms. The third kappa shape index (κ3) is 3.35. The first kappa shape index (κ1) is 14.8. The zero-order valence-electron chi connectivity index (χ0n) is 11.4. The zero-order chi connectivity index (χ0) is 13.4. The van der Waals surface area contributed by atoms with Gasteiger partial charge in [0.15, 0.2) is 5.78 Å². The summed E-state index contributed by atoms with van der Waals surface area (Å²) in [5.41, 5.74) is -0.966. The molecule has 0 aromatic carbocycles. The molecule has 1 atom stereocenters. The van der Waals surface area contributed by atoms with Crippen LogP contribution in [-0.4, -0.2) is 18.9 Å². The first-order valence-corrected chi connectivity index (χ1v) is 6.75. The first-order chi connectivity index (χ1) is 8.67. The quantitative estimate of drug-likeness (QED) is 0.326. The van der Waals surface area contributed by atoms with E-state index in [1.165, 1.54) is 20.0 Å². The molecule has 1 aliphatic carbocycles. The van der Waals surface area contributed by atoms with E-state index >= 15 is 0 Å². The Bertz CT molecular complexity index is 362. The number of carbonyl (C=O) groups excluding carboxylic acids is 2. The maximum atomic E-state index is 11.9. The van der Waals surface area contributed by atoms with Crippen molar-refractivity contribution in [1.82, 2.24) is 0 Å². The Morgan fingerprint density at radius 2 is 2.17 bits per heavy atom. The fourth-order valence-corrected chi connectivity index (χ4v) is 2.36. The summed E-state index contributed by atoms with van der Waals surface area (Å²) in [7, 11) is 1.34. The first-order valence-electron chi connectivity index (χ1n) is 6.75. The number of rotatable bonds is 5. The summed E-state index contributed by atoms with van der Waals surface area (Å²) in [5.74, 6) is 5.65. The van der Waals surface area contributed by atoms with Crippen LogP contribution in [0.4, 0.5) is 0 Å². The Morgan fingerprint density at radius 3 is 2.72 bits per heavy atom. The molecule has 0 aromatic heterocycles. The lowest BCUT2D eigenvalue weighted by atomic mass is 9.82. The smallest absolute Gasteiger partial charge is 0.320 e. The average molecular weight is 250 g/mol. The van der Waals surface area contributed by atoms with Crippen molar-refractivity contribution in [2.45, 2.75) is 58.3 Å². The number of hydrogen-bond donors (Lipinski definition) is 0. The van der Waals surface area contributed by atoms with Crippen LogP contribution in [-0.2, 0) is 14.3 Å². The highest BCUT2D eigenvalue weighted by Crippen LogP contribution is 2.38. The number of unbranched alkanes of at least 4 members (excludes halogenated alkanes) is 3. The molecule has 1 saturated carbocycles. The number of carbonyl (C=O) groups is 2. The van der Waals surface area contributed by atoms with Gasteiger partial charge in [-0.3, -0.25) is 9.59 Å². The number of methoxy groups -OCH3 is 1. The fourth-order valence-electron chi connectivity index (χ4n) is 2.36. The molecule has 0 amide bonds. The van der Waals surface area contributed by atoms with E-state index in [1.807, 2.05) is 0 Å². The van der Waals surface area contributed by atoms with Crippen LogP contribution in [0.25, 0.3) is 0 Å². The fraction of sp³-hybridized carbons (Fsp3) is 0.733. The lowest BCUT2D eigenvalue weighted by molar-refractivity contribution is -0.156.